The summed E-state index contributed by atoms with van der Waals surface area (Å²) < 4.78 is 0. The van der Waals surface area contributed by atoms with E-state index in [1.807, 2.05) is 32.2 Å². The van der Waals surface area contributed by atoms with Crippen LogP contribution in [0.4, 0.5) is 0 Å². The van der Waals surface area contributed by atoms with Crippen LogP contribution < -0.4 is 0 Å². The van der Waals surface area contributed by atoms with Crippen LogP contribution in [0.25, 0.3) is 0 Å². The van der Waals surface area contributed by atoms with Crippen LogP contribution in [0, 0.1) is 5.92 Å². The van der Waals surface area contributed by atoms with E-state index in [0.717, 1.165) is 0 Å². The lowest BCUT2D eigenvalue weighted by atomic mass is 9.95. The van der Waals surface area contributed by atoms with Gasteiger partial charge in [-0.2, -0.15) is 5.06 Å². The fraction of sp³-hybridized carbons (Fsp3) is 0.455. The normalized spacial score (nSPS) is 33.5. The van der Waals surface area contributed by atoms with Gasteiger partial charge < -0.3 is 5.11 Å². The minimum absolute atomic E-state index is 0.0994. The van der Waals surface area contributed by atoms with Gasteiger partial charge in [-0.1, -0.05) is 37.3 Å². The van der Waals surface area contributed by atoms with Crippen LogP contribution in [0.3, 0.4) is 0 Å². The Morgan fingerprint density at radius 1 is 1.29 bits per heavy atom. The van der Waals surface area contributed by atoms with Crippen molar-refractivity contribution >= 4 is 0 Å². The molecule has 0 spiro atoms. The third kappa shape index (κ3) is 1.54. The maximum absolute atomic E-state index is 9.54. The van der Waals surface area contributed by atoms with E-state index >= 15 is 0 Å². The molecule has 1 aromatic carbocycles. The monoisotopic (exact) mass is 193 g/mol. The Morgan fingerprint density at radius 2 is 1.93 bits per heavy atom. The molecule has 1 saturated heterocycles. The highest BCUT2D eigenvalue weighted by molar-refractivity contribution is 5.20. The van der Waals surface area contributed by atoms with Crippen LogP contribution in [0.1, 0.15) is 18.5 Å². The number of hydrogen-bond acceptors (Lipinski definition) is 3. The second-order valence-corrected chi connectivity index (χ2v) is 3.76. The predicted octanol–water partition coefficient (Wildman–Crippen LogP) is 1.56. The van der Waals surface area contributed by atoms with Crippen molar-refractivity contribution in [3.8, 4) is 0 Å². The Labute approximate surface area is 83.9 Å². The molecule has 76 valence electrons. The van der Waals surface area contributed by atoms with Crippen LogP contribution in [0.15, 0.2) is 30.3 Å². The highest BCUT2D eigenvalue weighted by atomic mass is 16.8. The molecular formula is C11H15NO2. The molecule has 1 heterocycles. The van der Waals surface area contributed by atoms with Gasteiger partial charge in [0.1, 0.15) is 0 Å². The predicted molar refractivity (Wildman–Crippen MR) is 53.2 cm³/mol. The van der Waals surface area contributed by atoms with E-state index in [1.165, 1.54) is 5.56 Å². The Hall–Kier alpha value is -0.900. The molecule has 14 heavy (non-hydrogen) atoms. The van der Waals surface area contributed by atoms with Crippen LogP contribution in [-0.4, -0.2) is 23.5 Å². The standard InChI is InChI=1S/C11H15NO2/c1-8-10(12(2)14-11(8)13)9-6-4-3-5-7-9/h3-8,10-11,13H,1-2H3/t8-,10+,11?/m0/s1. The van der Waals surface area contributed by atoms with Gasteiger partial charge in [-0.25, -0.2) is 0 Å². The van der Waals surface area contributed by atoms with Crippen molar-refractivity contribution in [1.82, 2.24) is 5.06 Å². The molecule has 1 fully saturated rings. The maximum atomic E-state index is 9.54. The molecule has 1 unspecified atom stereocenters. The lowest BCUT2D eigenvalue weighted by Gasteiger charge is -2.19. The first-order chi connectivity index (χ1) is 6.70. The topological polar surface area (TPSA) is 32.7 Å². The summed E-state index contributed by atoms with van der Waals surface area (Å²) in [6.07, 6.45) is -0.690. The second kappa shape index (κ2) is 3.69. The Morgan fingerprint density at radius 3 is 2.43 bits per heavy atom. The van der Waals surface area contributed by atoms with E-state index in [2.05, 4.69) is 12.1 Å². The molecule has 3 nitrogen and oxygen atoms in total. The first-order valence-electron chi connectivity index (χ1n) is 4.83. The van der Waals surface area contributed by atoms with Gasteiger partial charge >= 0.3 is 0 Å². The Balaban J connectivity index is 2.26. The summed E-state index contributed by atoms with van der Waals surface area (Å²) >= 11 is 0. The summed E-state index contributed by atoms with van der Waals surface area (Å²) in [5, 5.41) is 11.3. The van der Waals surface area contributed by atoms with Gasteiger partial charge in [0.25, 0.3) is 0 Å². The largest absolute Gasteiger partial charge is 0.366 e. The lowest BCUT2D eigenvalue weighted by molar-refractivity contribution is -0.212. The van der Waals surface area contributed by atoms with E-state index in [4.69, 9.17) is 4.84 Å². The van der Waals surface area contributed by atoms with Gasteiger partial charge in [0.05, 0.1) is 6.04 Å². The smallest absolute Gasteiger partial charge is 0.179 e. The fourth-order valence-electron chi connectivity index (χ4n) is 1.98. The van der Waals surface area contributed by atoms with Crippen molar-refractivity contribution in [2.75, 3.05) is 7.05 Å². The number of rotatable bonds is 1. The molecule has 0 amide bonds. The SMILES string of the molecule is C[C@@H]1C(O)ON(C)[C@H]1c1ccccc1. The number of hydrogen-bond donors (Lipinski definition) is 1. The Kier molecular flexibility index (Phi) is 2.54. The summed E-state index contributed by atoms with van der Waals surface area (Å²) in [6, 6.07) is 10.2. The first kappa shape index (κ1) is 9.65. The van der Waals surface area contributed by atoms with Gasteiger partial charge in [0.2, 0.25) is 0 Å². The van der Waals surface area contributed by atoms with E-state index in [-0.39, 0.29) is 12.0 Å². The van der Waals surface area contributed by atoms with Crippen molar-refractivity contribution in [2.24, 2.45) is 5.92 Å². The summed E-state index contributed by atoms with van der Waals surface area (Å²) in [7, 11) is 1.85. The number of aliphatic hydroxyl groups excluding tert-OH is 1. The molecular weight excluding hydrogens is 178 g/mol. The molecule has 1 N–H and O–H groups in total. The molecule has 1 aliphatic rings. The van der Waals surface area contributed by atoms with Gasteiger partial charge in [0.15, 0.2) is 6.29 Å². The van der Waals surface area contributed by atoms with E-state index in [0.29, 0.717) is 0 Å². The number of benzene rings is 1. The summed E-state index contributed by atoms with van der Waals surface area (Å²) in [5.74, 6) is 0.0994. The summed E-state index contributed by atoms with van der Waals surface area (Å²) in [6.45, 7) is 1.99. The minimum Gasteiger partial charge on any atom is -0.366 e. The minimum atomic E-state index is -0.690. The highest BCUT2D eigenvalue weighted by Gasteiger charge is 2.38. The zero-order chi connectivity index (χ0) is 10.1. The van der Waals surface area contributed by atoms with Crippen LogP contribution in [0.2, 0.25) is 0 Å². The van der Waals surface area contributed by atoms with Crippen molar-refractivity contribution in [2.45, 2.75) is 19.3 Å². The van der Waals surface area contributed by atoms with Crippen molar-refractivity contribution < 1.29 is 9.94 Å². The van der Waals surface area contributed by atoms with E-state index in [9.17, 15) is 5.11 Å². The van der Waals surface area contributed by atoms with Crippen LogP contribution in [-0.2, 0) is 4.84 Å². The molecule has 2 rings (SSSR count). The molecule has 1 aromatic rings. The molecule has 3 heteroatoms. The van der Waals surface area contributed by atoms with Crippen molar-refractivity contribution in [3.05, 3.63) is 35.9 Å². The fourth-order valence-corrected chi connectivity index (χ4v) is 1.98. The van der Waals surface area contributed by atoms with Gasteiger partial charge in [-0.05, 0) is 5.56 Å². The lowest BCUT2D eigenvalue weighted by Crippen LogP contribution is -2.19. The number of hydroxylamine groups is 2. The number of nitrogens with zero attached hydrogens (tertiary/aromatic N) is 1. The molecule has 1 aliphatic heterocycles. The van der Waals surface area contributed by atoms with Gasteiger partial charge in [-0.3, -0.25) is 4.84 Å². The zero-order valence-electron chi connectivity index (χ0n) is 8.42. The molecule has 0 saturated carbocycles. The van der Waals surface area contributed by atoms with E-state index in [1.54, 1.807) is 5.06 Å². The average Bonchev–Trinajstić information content (AvgIpc) is 2.43. The molecule has 0 aromatic heterocycles. The third-order valence-corrected chi connectivity index (χ3v) is 2.75. The van der Waals surface area contributed by atoms with Crippen molar-refractivity contribution in [3.63, 3.8) is 0 Å². The molecule has 0 radical (unpaired) electrons. The third-order valence-electron chi connectivity index (χ3n) is 2.75. The average molecular weight is 193 g/mol. The second-order valence-electron chi connectivity index (χ2n) is 3.76. The maximum Gasteiger partial charge on any atom is 0.179 e. The molecule has 0 aliphatic carbocycles. The van der Waals surface area contributed by atoms with Gasteiger partial charge in [0, 0.05) is 13.0 Å². The molecule has 3 atom stereocenters. The van der Waals surface area contributed by atoms with Crippen LogP contribution >= 0.6 is 0 Å². The zero-order valence-corrected chi connectivity index (χ0v) is 8.42. The highest BCUT2D eigenvalue weighted by Crippen LogP contribution is 2.36. The van der Waals surface area contributed by atoms with Gasteiger partial charge in [-0.15, -0.1) is 0 Å². The molecule has 0 bridgehead atoms. The quantitative estimate of drug-likeness (QED) is 0.734. The van der Waals surface area contributed by atoms with Crippen molar-refractivity contribution in [1.29, 1.82) is 0 Å². The number of aliphatic hydroxyl groups is 1. The Bertz CT molecular complexity index is 301. The summed E-state index contributed by atoms with van der Waals surface area (Å²) in [4.78, 5) is 5.23. The first-order valence-corrected chi connectivity index (χ1v) is 4.83. The van der Waals surface area contributed by atoms with Crippen LogP contribution in [0.5, 0.6) is 0 Å². The van der Waals surface area contributed by atoms with E-state index < -0.39 is 6.29 Å². The summed E-state index contributed by atoms with van der Waals surface area (Å²) in [5.41, 5.74) is 1.18.